The SMILES string of the molecule is N#CCC(=O)N[C@@H]1CC[C@H](c2[nH][nH]c3cnc4nccc4c23)C1. The maximum atomic E-state index is 11.6. The first-order valence-corrected chi connectivity index (χ1v) is 7.72. The predicted octanol–water partition coefficient (Wildman–Crippen LogP) is 2.11. The van der Waals surface area contributed by atoms with E-state index in [0.717, 1.165) is 46.9 Å². The third-order valence-electron chi connectivity index (χ3n) is 4.58. The van der Waals surface area contributed by atoms with E-state index < -0.39 is 0 Å². The predicted molar refractivity (Wildman–Crippen MR) is 84.5 cm³/mol. The lowest BCUT2D eigenvalue weighted by Crippen LogP contribution is -2.32. The van der Waals surface area contributed by atoms with Crippen LogP contribution < -0.4 is 5.32 Å². The molecule has 1 fully saturated rings. The van der Waals surface area contributed by atoms with Gasteiger partial charge in [0.05, 0.1) is 17.8 Å². The van der Waals surface area contributed by atoms with Crippen LogP contribution in [-0.2, 0) is 4.79 Å². The Kier molecular flexibility index (Phi) is 3.23. The van der Waals surface area contributed by atoms with Crippen LogP contribution in [0.5, 0.6) is 0 Å². The number of carbonyl (C=O) groups is 1. The quantitative estimate of drug-likeness (QED) is 0.688. The number of hydrogen-bond donors (Lipinski definition) is 3. The molecule has 0 aromatic carbocycles. The van der Waals surface area contributed by atoms with Gasteiger partial charge < -0.3 is 10.4 Å². The molecule has 7 nitrogen and oxygen atoms in total. The Morgan fingerprint density at radius 3 is 3.17 bits per heavy atom. The van der Waals surface area contributed by atoms with Gasteiger partial charge >= 0.3 is 0 Å². The van der Waals surface area contributed by atoms with Crippen LogP contribution in [0.2, 0.25) is 0 Å². The van der Waals surface area contributed by atoms with Crippen molar-refractivity contribution in [2.45, 2.75) is 37.6 Å². The van der Waals surface area contributed by atoms with Crippen LogP contribution in [0.3, 0.4) is 0 Å². The Hall–Kier alpha value is -2.88. The summed E-state index contributed by atoms with van der Waals surface area (Å²) in [6, 6.07) is 4.00. The molecule has 1 aliphatic carbocycles. The highest BCUT2D eigenvalue weighted by Gasteiger charge is 2.29. The highest BCUT2D eigenvalue weighted by molar-refractivity contribution is 6.04. The molecule has 0 unspecified atom stereocenters. The molecule has 2 atom stereocenters. The fraction of sp³-hybridized carbons (Fsp3) is 0.375. The topological polar surface area (TPSA) is 110 Å². The number of fused-ring (bicyclic) bond motifs is 3. The van der Waals surface area contributed by atoms with E-state index in [-0.39, 0.29) is 18.4 Å². The van der Waals surface area contributed by atoms with Crippen LogP contribution in [0, 0.1) is 11.3 Å². The zero-order valence-corrected chi connectivity index (χ0v) is 12.5. The highest BCUT2D eigenvalue weighted by atomic mass is 16.1. The fourth-order valence-electron chi connectivity index (χ4n) is 3.57. The lowest BCUT2D eigenvalue weighted by molar-refractivity contribution is -0.120. The van der Waals surface area contributed by atoms with Crippen molar-refractivity contribution in [1.82, 2.24) is 25.5 Å². The van der Waals surface area contributed by atoms with E-state index in [1.54, 1.807) is 12.4 Å². The second-order valence-corrected chi connectivity index (χ2v) is 6.00. The van der Waals surface area contributed by atoms with Gasteiger partial charge in [0.2, 0.25) is 5.91 Å². The number of nitriles is 1. The molecule has 3 aromatic rings. The lowest BCUT2D eigenvalue weighted by Gasteiger charge is -2.12. The van der Waals surface area contributed by atoms with Crippen molar-refractivity contribution >= 4 is 27.8 Å². The van der Waals surface area contributed by atoms with E-state index >= 15 is 0 Å². The Morgan fingerprint density at radius 2 is 2.30 bits per heavy atom. The molecule has 23 heavy (non-hydrogen) atoms. The van der Waals surface area contributed by atoms with Crippen molar-refractivity contribution < 1.29 is 4.79 Å². The Bertz CT molecular complexity index is 918. The molecular formula is C16H16N6O. The number of pyridine rings is 1. The van der Waals surface area contributed by atoms with Crippen molar-refractivity contribution in [1.29, 1.82) is 5.26 Å². The number of hydrogen-bond acceptors (Lipinski definition) is 4. The molecule has 0 aliphatic heterocycles. The highest BCUT2D eigenvalue weighted by Crippen LogP contribution is 2.38. The molecule has 1 amide bonds. The van der Waals surface area contributed by atoms with Gasteiger partial charge in [-0.15, -0.1) is 0 Å². The molecule has 0 spiro atoms. The maximum Gasteiger partial charge on any atom is 0.234 e. The summed E-state index contributed by atoms with van der Waals surface area (Å²) >= 11 is 0. The van der Waals surface area contributed by atoms with E-state index in [2.05, 4.69) is 25.5 Å². The molecule has 1 aliphatic rings. The van der Waals surface area contributed by atoms with Gasteiger partial charge in [-0.25, -0.2) is 9.97 Å². The summed E-state index contributed by atoms with van der Waals surface area (Å²) in [6.45, 7) is 0. The van der Waals surface area contributed by atoms with Crippen molar-refractivity contribution in [3.05, 3.63) is 24.2 Å². The first kappa shape index (κ1) is 13.8. The minimum atomic E-state index is -0.187. The van der Waals surface area contributed by atoms with Crippen LogP contribution in [0.15, 0.2) is 18.5 Å². The molecular weight excluding hydrogens is 292 g/mol. The van der Waals surface area contributed by atoms with E-state index in [1.807, 2.05) is 12.1 Å². The maximum absolute atomic E-state index is 11.6. The van der Waals surface area contributed by atoms with Crippen LogP contribution in [0.4, 0.5) is 0 Å². The summed E-state index contributed by atoms with van der Waals surface area (Å²) in [7, 11) is 0. The smallest absolute Gasteiger partial charge is 0.234 e. The van der Waals surface area contributed by atoms with Gasteiger partial charge in [-0.1, -0.05) is 0 Å². The zero-order chi connectivity index (χ0) is 15.8. The summed E-state index contributed by atoms with van der Waals surface area (Å²) in [6.07, 6.45) is 6.29. The largest absolute Gasteiger partial charge is 0.352 e. The monoisotopic (exact) mass is 308 g/mol. The van der Waals surface area contributed by atoms with Gasteiger partial charge in [0.15, 0.2) is 5.65 Å². The summed E-state index contributed by atoms with van der Waals surface area (Å²) in [5.74, 6) is 0.157. The van der Waals surface area contributed by atoms with Crippen molar-refractivity contribution in [3.8, 4) is 6.07 Å². The number of H-pyrrole nitrogens is 2. The van der Waals surface area contributed by atoms with E-state index in [4.69, 9.17) is 5.26 Å². The Morgan fingerprint density at radius 1 is 1.39 bits per heavy atom. The lowest BCUT2D eigenvalue weighted by atomic mass is 9.99. The summed E-state index contributed by atoms with van der Waals surface area (Å²) in [5, 5.41) is 20.2. The molecule has 116 valence electrons. The Labute approximate surface area is 132 Å². The van der Waals surface area contributed by atoms with Crippen LogP contribution in [0.25, 0.3) is 21.9 Å². The summed E-state index contributed by atoms with van der Waals surface area (Å²) in [5.41, 5.74) is 2.87. The van der Waals surface area contributed by atoms with Gasteiger partial charge in [-0.05, 0) is 25.3 Å². The molecule has 7 heteroatoms. The average molecular weight is 308 g/mol. The van der Waals surface area contributed by atoms with Crippen LogP contribution >= 0.6 is 0 Å². The molecule has 4 rings (SSSR count). The van der Waals surface area contributed by atoms with E-state index in [1.165, 1.54) is 0 Å². The molecule has 0 bridgehead atoms. The minimum absolute atomic E-state index is 0.0775. The van der Waals surface area contributed by atoms with Crippen molar-refractivity contribution in [2.24, 2.45) is 0 Å². The van der Waals surface area contributed by atoms with Gasteiger partial charge in [0.1, 0.15) is 6.42 Å². The molecule has 0 saturated heterocycles. The van der Waals surface area contributed by atoms with Gasteiger partial charge in [0, 0.05) is 34.6 Å². The van der Waals surface area contributed by atoms with Gasteiger partial charge in [-0.3, -0.25) is 9.89 Å². The number of aromatic nitrogens is 4. The third kappa shape index (κ3) is 2.32. The number of aromatic amines is 2. The summed E-state index contributed by atoms with van der Waals surface area (Å²) in [4.78, 5) is 20.2. The van der Waals surface area contributed by atoms with Crippen molar-refractivity contribution in [2.75, 3.05) is 0 Å². The average Bonchev–Trinajstić information content (AvgIpc) is 3.24. The normalized spacial score (nSPS) is 20.8. The molecule has 0 radical (unpaired) electrons. The van der Waals surface area contributed by atoms with Crippen molar-refractivity contribution in [3.63, 3.8) is 0 Å². The number of rotatable bonds is 3. The standard InChI is InChI=1S/C16H16N6O/c17-5-3-13(23)20-10-2-1-9(7-10)15-14-11-4-6-18-16(11)19-8-12(14)21-22-15/h4,6,8-10,21-22H,1-3,7H2,(H,20,23)/t9-,10+/m0/s1. The summed E-state index contributed by atoms with van der Waals surface area (Å²) < 4.78 is 0. The van der Waals surface area contributed by atoms with E-state index in [9.17, 15) is 4.79 Å². The first-order chi connectivity index (χ1) is 11.3. The van der Waals surface area contributed by atoms with Crippen LogP contribution in [-0.4, -0.2) is 32.1 Å². The Balaban J connectivity index is 1.62. The number of nitrogens with one attached hydrogen (secondary N) is 3. The molecule has 3 N–H and O–H groups in total. The number of nitrogens with zero attached hydrogens (tertiary/aromatic N) is 3. The first-order valence-electron chi connectivity index (χ1n) is 7.72. The molecule has 3 heterocycles. The second kappa shape index (κ2) is 5.39. The second-order valence-electron chi connectivity index (χ2n) is 6.00. The van der Waals surface area contributed by atoms with E-state index in [0.29, 0.717) is 5.92 Å². The van der Waals surface area contributed by atoms with Crippen LogP contribution in [0.1, 0.15) is 37.3 Å². The molecule has 3 aromatic heterocycles. The number of amides is 1. The zero-order valence-electron chi connectivity index (χ0n) is 12.5. The molecule has 1 saturated carbocycles. The minimum Gasteiger partial charge on any atom is -0.352 e. The third-order valence-corrected chi connectivity index (χ3v) is 4.58. The number of carbonyl (C=O) groups excluding carboxylic acids is 1. The van der Waals surface area contributed by atoms with Gasteiger partial charge in [0.25, 0.3) is 0 Å². The fourth-order valence-corrected chi connectivity index (χ4v) is 3.57. The van der Waals surface area contributed by atoms with Gasteiger partial charge in [-0.2, -0.15) is 5.26 Å².